The molecule has 3 aromatic heterocycles. The SMILES string of the molecule is CCC(=N)Cc1ccc(-n2cnc3cnc4ccc(C#Cc5cccnc5)cc4c32)cc1F. The Morgan fingerprint density at radius 2 is 1.88 bits per heavy atom. The zero-order chi connectivity index (χ0) is 22.8. The van der Waals surface area contributed by atoms with Gasteiger partial charge in [0.25, 0.3) is 0 Å². The third kappa shape index (κ3) is 4.09. The van der Waals surface area contributed by atoms with Crippen LogP contribution in [-0.4, -0.2) is 25.2 Å². The second-order valence-corrected chi connectivity index (χ2v) is 7.74. The Hall–Kier alpha value is -4.37. The smallest absolute Gasteiger partial charge is 0.128 e. The lowest BCUT2D eigenvalue weighted by atomic mass is 10.1. The van der Waals surface area contributed by atoms with Crippen LogP contribution >= 0.6 is 0 Å². The number of fused-ring (bicyclic) bond motifs is 3. The van der Waals surface area contributed by atoms with Crippen molar-refractivity contribution in [3.8, 4) is 17.5 Å². The van der Waals surface area contributed by atoms with Crippen LogP contribution in [0.25, 0.3) is 27.6 Å². The minimum atomic E-state index is -0.325. The van der Waals surface area contributed by atoms with Crippen LogP contribution < -0.4 is 0 Å². The lowest BCUT2D eigenvalue weighted by molar-refractivity contribution is 0.614. The molecule has 0 amide bonds. The van der Waals surface area contributed by atoms with Gasteiger partial charge in [-0.25, -0.2) is 9.37 Å². The first kappa shape index (κ1) is 20.5. The number of rotatable bonds is 4. The molecule has 0 aliphatic carbocycles. The van der Waals surface area contributed by atoms with Gasteiger partial charge in [-0.05, 0) is 54.4 Å². The third-order valence-electron chi connectivity index (χ3n) is 5.53. The van der Waals surface area contributed by atoms with Crippen LogP contribution in [0.2, 0.25) is 0 Å². The van der Waals surface area contributed by atoms with Crippen LogP contribution in [0.15, 0.2) is 73.4 Å². The molecule has 1 N–H and O–H groups in total. The molecule has 3 heterocycles. The van der Waals surface area contributed by atoms with Gasteiger partial charge >= 0.3 is 0 Å². The van der Waals surface area contributed by atoms with Gasteiger partial charge < -0.3 is 5.41 Å². The van der Waals surface area contributed by atoms with E-state index in [0.29, 0.717) is 29.8 Å². The molecule has 5 nitrogen and oxygen atoms in total. The number of hydrogen-bond donors (Lipinski definition) is 1. The molecule has 0 saturated heterocycles. The van der Waals surface area contributed by atoms with Crippen molar-refractivity contribution >= 4 is 27.6 Å². The summed E-state index contributed by atoms with van der Waals surface area (Å²) in [5.74, 6) is 5.98. The number of benzene rings is 2. The highest BCUT2D eigenvalue weighted by Gasteiger charge is 2.13. The molecule has 0 atom stereocenters. The molecule has 0 saturated carbocycles. The van der Waals surface area contributed by atoms with Crippen LogP contribution in [-0.2, 0) is 6.42 Å². The first-order valence-corrected chi connectivity index (χ1v) is 10.7. The van der Waals surface area contributed by atoms with Gasteiger partial charge in [-0.1, -0.05) is 24.8 Å². The standard InChI is InChI=1S/C27H20FN5/c1-2-21(29)13-20-8-9-22(14-24(20)28)33-17-32-26-16-31-25-10-7-18(12-23(25)27(26)33)5-6-19-4-3-11-30-15-19/h3-4,7-12,14-17,29H,2,13H2,1H3. The molecule has 5 rings (SSSR count). The maximum atomic E-state index is 14.8. The van der Waals surface area contributed by atoms with Crippen LogP contribution in [0.5, 0.6) is 0 Å². The Bertz CT molecular complexity index is 1560. The van der Waals surface area contributed by atoms with Crippen molar-refractivity contribution in [1.82, 2.24) is 19.5 Å². The van der Waals surface area contributed by atoms with Crippen molar-refractivity contribution < 1.29 is 4.39 Å². The van der Waals surface area contributed by atoms with E-state index in [2.05, 4.69) is 26.8 Å². The van der Waals surface area contributed by atoms with Crippen LogP contribution in [0.4, 0.5) is 4.39 Å². The fourth-order valence-corrected chi connectivity index (χ4v) is 3.73. The number of halogens is 1. The maximum absolute atomic E-state index is 14.8. The zero-order valence-electron chi connectivity index (χ0n) is 18.0. The monoisotopic (exact) mass is 433 g/mol. The summed E-state index contributed by atoms with van der Waals surface area (Å²) >= 11 is 0. The lowest BCUT2D eigenvalue weighted by Gasteiger charge is -2.10. The average Bonchev–Trinajstić information content (AvgIpc) is 3.29. The third-order valence-corrected chi connectivity index (χ3v) is 5.53. The predicted octanol–water partition coefficient (Wildman–Crippen LogP) is 5.48. The molecule has 2 aromatic carbocycles. The van der Waals surface area contributed by atoms with E-state index in [1.807, 2.05) is 47.9 Å². The second-order valence-electron chi connectivity index (χ2n) is 7.74. The Kier molecular flexibility index (Phi) is 5.37. The van der Waals surface area contributed by atoms with Crippen molar-refractivity contribution in [3.05, 3.63) is 96.0 Å². The van der Waals surface area contributed by atoms with Gasteiger partial charge in [0.15, 0.2) is 0 Å². The molecule has 0 fully saturated rings. The topological polar surface area (TPSA) is 67.5 Å². The Morgan fingerprint density at radius 3 is 2.67 bits per heavy atom. The molecule has 0 radical (unpaired) electrons. The summed E-state index contributed by atoms with van der Waals surface area (Å²) in [5, 5.41) is 8.76. The van der Waals surface area contributed by atoms with Gasteiger partial charge in [0.1, 0.15) is 17.7 Å². The molecule has 0 unspecified atom stereocenters. The van der Waals surface area contributed by atoms with Gasteiger partial charge in [0.2, 0.25) is 0 Å². The highest BCUT2D eigenvalue weighted by atomic mass is 19.1. The predicted molar refractivity (Wildman–Crippen MR) is 128 cm³/mol. The summed E-state index contributed by atoms with van der Waals surface area (Å²) in [6, 6.07) is 14.7. The molecule has 160 valence electrons. The van der Waals surface area contributed by atoms with Crippen LogP contribution in [0.3, 0.4) is 0 Å². The Morgan fingerprint density at radius 1 is 1.00 bits per heavy atom. The summed E-state index contributed by atoms with van der Waals surface area (Å²) in [6.07, 6.45) is 7.78. The summed E-state index contributed by atoms with van der Waals surface area (Å²) in [5.41, 5.74) is 5.75. The molecule has 6 heteroatoms. The number of hydrogen-bond acceptors (Lipinski definition) is 4. The quantitative estimate of drug-likeness (QED) is 0.301. The molecular formula is C27H20FN5. The van der Waals surface area contributed by atoms with Crippen molar-refractivity contribution in [2.45, 2.75) is 19.8 Å². The summed E-state index contributed by atoms with van der Waals surface area (Å²) < 4.78 is 16.7. The van der Waals surface area contributed by atoms with E-state index >= 15 is 0 Å². The van der Waals surface area contributed by atoms with E-state index in [4.69, 9.17) is 5.41 Å². The van der Waals surface area contributed by atoms with Crippen molar-refractivity contribution in [1.29, 1.82) is 5.41 Å². The minimum absolute atomic E-state index is 0.319. The van der Waals surface area contributed by atoms with Crippen molar-refractivity contribution in [2.75, 3.05) is 0 Å². The van der Waals surface area contributed by atoms with E-state index in [1.54, 1.807) is 31.0 Å². The number of nitrogens with one attached hydrogen (secondary N) is 1. The fraction of sp³-hybridized carbons (Fsp3) is 0.111. The summed E-state index contributed by atoms with van der Waals surface area (Å²) in [4.78, 5) is 13.1. The van der Waals surface area contributed by atoms with E-state index in [-0.39, 0.29) is 5.82 Å². The fourth-order valence-electron chi connectivity index (χ4n) is 3.73. The first-order chi connectivity index (χ1) is 16.1. The van der Waals surface area contributed by atoms with Crippen LogP contribution in [0, 0.1) is 23.1 Å². The highest BCUT2D eigenvalue weighted by Crippen LogP contribution is 2.27. The number of nitrogens with zero attached hydrogens (tertiary/aromatic N) is 4. The summed E-state index contributed by atoms with van der Waals surface area (Å²) in [7, 11) is 0. The average molecular weight is 433 g/mol. The van der Waals surface area contributed by atoms with Gasteiger partial charge in [-0.3, -0.25) is 14.5 Å². The molecular weight excluding hydrogens is 413 g/mol. The normalized spacial score (nSPS) is 10.8. The molecule has 0 aliphatic heterocycles. The van der Waals surface area contributed by atoms with E-state index in [0.717, 1.165) is 33.1 Å². The zero-order valence-corrected chi connectivity index (χ0v) is 18.0. The molecule has 5 aromatic rings. The Balaban J connectivity index is 1.61. The maximum Gasteiger partial charge on any atom is 0.128 e. The lowest BCUT2D eigenvalue weighted by Crippen LogP contribution is -2.03. The van der Waals surface area contributed by atoms with Gasteiger partial charge in [-0.15, -0.1) is 0 Å². The molecule has 0 spiro atoms. The first-order valence-electron chi connectivity index (χ1n) is 10.7. The van der Waals surface area contributed by atoms with Gasteiger partial charge in [0, 0.05) is 41.0 Å². The molecule has 0 aliphatic rings. The summed E-state index contributed by atoms with van der Waals surface area (Å²) in [6.45, 7) is 1.90. The van der Waals surface area contributed by atoms with Gasteiger partial charge in [-0.2, -0.15) is 0 Å². The Labute approximate surface area is 190 Å². The number of aromatic nitrogens is 4. The molecule has 33 heavy (non-hydrogen) atoms. The van der Waals surface area contributed by atoms with E-state index < -0.39 is 0 Å². The second kappa shape index (κ2) is 8.64. The van der Waals surface area contributed by atoms with E-state index in [1.165, 1.54) is 6.07 Å². The highest BCUT2D eigenvalue weighted by molar-refractivity contribution is 6.03. The van der Waals surface area contributed by atoms with Gasteiger partial charge in [0.05, 0.1) is 22.9 Å². The van der Waals surface area contributed by atoms with E-state index in [9.17, 15) is 4.39 Å². The van der Waals surface area contributed by atoms with Crippen molar-refractivity contribution in [2.24, 2.45) is 0 Å². The van der Waals surface area contributed by atoms with Crippen molar-refractivity contribution in [3.63, 3.8) is 0 Å². The largest absolute Gasteiger partial charge is 0.309 e. The number of pyridine rings is 2. The number of imidazole rings is 1. The molecule has 0 bridgehead atoms. The minimum Gasteiger partial charge on any atom is -0.309 e. The van der Waals surface area contributed by atoms with Crippen LogP contribution in [0.1, 0.15) is 30.0 Å².